The fraction of sp³-hybridized carbons (Fsp3) is 0.500. The predicted molar refractivity (Wildman–Crippen MR) is 68.2 cm³/mol. The lowest BCUT2D eigenvalue weighted by Gasteiger charge is -2.21. The van der Waals surface area contributed by atoms with Gasteiger partial charge >= 0.3 is 0 Å². The van der Waals surface area contributed by atoms with E-state index in [-0.39, 0.29) is 5.25 Å². The van der Waals surface area contributed by atoms with Crippen LogP contribution in [0.2, 0.25) is 0 Å². The summed E-state index contributed by atoms with van der Waals surface area (Å²) in [6.45, 7) is 0. The molecule has 2 nitrogen and oxygen atoms in total. The third-order valence-electron chi connectivity index (χ3n) is 3.12. The van der Waals surface area contributed by atoms with E-state index < -0.39 is 9.84 Å². The Hall–Kier alpha value is -0.350. The van der Waals surface area contributed by atoms with Gasteiger partial charge < -0.3 is 0 Å². The molecule has 0 heterocycles. The van der Waals surface area contributed by atoms with Gasteiger partial charge in [-0.05, 0) is 31.0 Å². The maximum Gasteiger partial charge on any atom is 0.181 e. The van der Waals surface area contributed by atoms with Gasteiger partial charge in [-0.25, -0.2) is 8.42 Å². The van der Waals surface area contributed by atoms with Crippen molar-refractivity contribution in [3.8, 4) is 0 Å². The highest BCUT2D eigenvalue weighted by Gasteiger charge is 2.28. The van der Waals surface area contributed by atoms with E-state index in [0.29, 0.717) is 4.90 Å². The fourth-order valence-corrected chi connectivity index (χ4v) is 4.66. The van der Waals surface area contributed by atoms with Crippen molar-refractivity contribution in [2.75, 3.05) is 0 Å². The molecule has 1 saturated carbocycles. The second-order valence-corrected chi connectivity index (χ2v) is 7.41. The molecule has 4 heteroatoms. The molecule has 0 bridgehead atoms. The zero-order chi connectivity index (χ0) is 11.6. The summed E-state index contributed by atoms with van der Waals surface area (Å²) in [5.74, 6) is 0. The van der Waals surface area contributed by atoms with Crippen LogP contribution in [0.4, 0.5) is 0 Å². The standard InChI is InChI=1S/C12H15BrO2S/c13-10-5-4-8-12(9-10)16(14,15)11-6-2-1-3-7-11/h4-5,8-9,11H,1-3,6-7H2. The molecule has 1 fully saturated rings. The molecule has 0 atom stereocenters. The Morgan fingerprint density at radius 2 is 1.81 bits per heavy atom. The van der Waals surface area contributed by atoms with Crippen LogP contribution in [0.3, 0.4) is 0 Å². The van der Waals surface area contributed by atoms with E-state index in [0.717, 1.165) is 30.2 Å². The van der Waals surface area contributed by atoms with Gasteiger partial charge in [-0.3, -0.25) is 0 Å². The topological polar surface area (TPSA) is 34.1 Å². The molecule has 0 spiro atoms. The van der Waals surface area contributed by atoms with Crippen molar-refractivity contribution >= 4 is 25.8 Å². The van der Waals surface area contributed by atoms with Gasteiger partial charge in [0.25, 0.3) is 0 Å². The summed E-state index contributed by atoms with van der Waals surface area (Å²) in [6.07, 6.45) is 4.88. The molecule has 88 valence electrons. The minimum Gasteiger partial charge on any atom is -0.223 e. The molecule has 0 aromatic heterocycles. The molecule has 0 amide bonds. The number of rotatable bonds is 2. The molecule has 1 aliphatic rings. The molecule has 1 aromatic rings. The Morgan fingerprint density at radius 3 is 2.44 bits per heavy atom. The summed E-state index contributed by atoms with van der Waals surface area (Å²) < 4.78 is 25.5. The van der Waals surface area contributed by atoms with Crippen LogP contribution in [-0.4, -0.2) is 13.7 Å². The van der Waals surface area contributed by atoms with Gasteiger partial charge in [0.15, 0.2) is 9.84 Å². The fourth-order valence-electron chi connectivity index (χ4n) is 2.21. The molecule has 0 saturated heterocycles. The highest BCUT2D eigenvalue weighted by atomic mass is 79.9. The summed E-state index contributed by atoms with van der Waals surface area (Å²) in [5, 5.41) is -0.171. The molecule has 0 unspecified atom stereocenters. The number of halogens is 1. The van der Waals surface area contributed by atoms with Gasteiger partial charge in [0.05, 0.1) is 10.1 Å². The summed E-state index contributed by atoms with van der Waals surface area (Å²) in [4.78, 5) is 0.453. The molecule has 1 aliphatic carbocycles. The van der Waals surface area contributed by atoms with Crippen molar-refractivity contribution in [1.29, 1.82) is 0 Å². The van der Waals surface area contributed by atoms with Crippen LogP contribution in [0.5, 0.6) is 0 Å². The maximum absolute atomic E-state index is 12.3. The Kier molecular flexibility index (Phi) is 3.70. The molecule has 0 aliphatic heterocycles. The lowest BCUT2D eigenvalue weighted by atomic mass is 10.0. The van der Waals surface area contributed by atoms with E-state index >= 15 is 0 Å². The zero-order valence-electron chi connectivity index (χ0n) is 9.02. The normalized spacial score (nSPS) is 18.6. The van der Waals surface area contributed by atoms with E-state index in [1.165, 1.54) is 6.42 Å². The molecule has 0 radical (unpaired) electrons. The summed E-state index contributed by atoms with van der Waals surface area (Å²) in [5.41, 5.74) is 0. The Balaban J connectivity index is 2.30. The van der Waals surface area contributed by atoms with Gasteiger partial charge in [-0.15, -0.1) is 0 Å². The maximum atomic E-state index is 12.3. The first-order chi connectivity index (χ1) is 7.60. The van der Waals surface area contributed by atoms with E-state index in [4.69, 9.17) is 0 Å². The van der Waals surface area contributed by atoms with Crippen LogP contribution in [0.1, 0.15) is 32.1 Å². The smallest absolute Gasteiger partial charge is 0.181 e. The van der Waals surface area contributed by atoms with Crippen LogP contribution in [0, 0.1) is 0 Å². The number of hydrogen-bond donors (Lipinski definition) is 0. The average Bonchev–Trinajstić information content (AvgIpc) is 2.30. The highest BCUT2D eigenvalue weighted by molar-refractivity contribution is 9.10. The second kappa shape index (κ2) is 4.88. The van der Waals surface area contributed by atoms with E-state index in [1.807, 2.05) is 6.07 Å². The minimum atomic E-state index is -3.11. The molecule has 1 aromatic carbocycles. The Morgan fingerprint density at radius 1 is 1.12 bits per heavy atom. The second-order valence-electron chi connectivity index (χ2n) is 4.26. The number of hydrogen-bond acceptors (Lipinski definition) is 2. The van der Waals surface area contributed by atoms with E-state index in [1.54, 1.807) is 18.2 Å². The first kappa shape index (κ1) is 12.1. The van der Waals surface area contributed by atoms with Crippen molar-refractivity contribution in [3.05, 3.63) is 28.7 Å². The Bertz CT molecular complexity index is 462. The summed E-state index contributed by atoms with van der Waals surface area (Å²) >= 11 is 3.31. The summed E-state index contributed by atoms with van der Waals surface area (Å²) in [6, 6.07) is 7.01. The SMILES string of the molecule is O=S(=O)(c1cccc(Br)c1)C1CCCCC1. The highest BCUT2D eigenvalue weighted by Crippen LogP contribution is 2.29. The van der Waals surface area contributed by atoms with Crippen molar-refractivity contribution in [1.82, 2.24) is 0 Å². The predicted octanol–water partition coefficient (Wildman–Crippen LogP) is 3.56. The monoisotopic (exact) mass is 302 g/mol. The first-order valence-electron chi connectivity index (χ1n) is 5.60. The molecular weight excluding hydrogens is 288 g/mol. The molecule has 16 heavy (non-hydrogen) atoms. The van der Waals surface area contributed by atoms with Gasteiger partial charge in [0.1, 0.15) is 0 Å². The quantitative estimate of drug-likeness (QED) is 0.837. The molecule has 0 N–H and O–H groups in total. The lowest BCUT2D eigenvalue weighted by Crippen LogP contribution is -2.24. The van der Waals surface area contributed by atoms with Crippen LogP contribution in [-0.2, 0) is 9.84 Å². The van der Waals surface area contributed by atoms with Gasteiger partial charge in [0, 0.05) is 4.47 Å². The Labute approximate surface area is 105 Å². The van der Waals surface area contributed by atoms with Crippen molar-refractivity contribution < 1.29 is 8.42 Å². The van der Waals surface area contributed by atoms with Crippen molar-refractivity contribution in [2.45, 2.75) is 42.2 Å². The largest absolute Gasteiger partial charge is 0.223 e. The van der Waals surface area contributed by atoms with E-state index in [9.17, 15) is 8.42 Å². The van der Waals surface area contributed by atoms with Gasteiger partial charge in [0.2, 0.25) is 0 Å². The average molecular weight is 303 g/mol. The molecular formula is C12H15BrO2S. The van der Waals surface area contributed by atoms with Gasteiger partial charge in [-0.2, -0.15) is 0 Å². The first-order valence-corrected chi connectivity index (χ1v) is 7.94. The van der Waals surface area contributed by atoms with Crippen molar-refractivity contribution in [2.24, 2.45) is 0 Å². The third kappa shape index (κ3) is 2.48. The van der Waals surface area contributed by atoms with Crippen LogP contribution < -0.4 is 0 Å². The lowest BCUT2D eigenvalue weighted by molar-refractivity contribution is 0.483. The van der Waals surface area contributed by atoms with E-state index in [2.05, 4.69) is 15.9 Å². The van der Waals surface area contributed by atoms with Crippen LogP contribution in [0.15, 0.2) is 33.6 Å². The molecule has 2 rings (SSSR count). The third-order valence-corrected chi connectivity index (χ3v) is 5.87. The number of sulfone groups is 1. The summed E-state index contributed by atoms with van der Waals surface area (Å²) in [7, 11) is -3.11. The zero-order valence-corrected chi connectivity index (χ0v) is 11.4. The minimum absolute atomic E-state index is 0.171. The van der Waals surface area contributed by atoms with Crippen LogP contribution in [0.25, 0.3) is 0 Å². The van der Waals surface area contributed by atoms with Gasteiger partial charge in [-0.1, -0.05) is 41.3 Å². The number of benzene rings is 1. The van der Waals surface area contributed by atoms with Crippen molar-refractivity contribution in [3.63, 3.8) is 0 Å². The van der Waals surface area contributed by atoms with Crippen LogP contribution >= 0.6 is 15.9 Å².